The molecule has 0 saturated heterocycles. The molecule has 1 aromatic heterocycles. The highest BCUT2D eigenvalue weighted by Gasteiger charge is 2.19. The Morgan fingerprint density at radius 1 is 1.67 bits per heavy atom. The molecule has 0 aliphatic rings. The molecule has 0 atom stereocenters. The number of nitrogens with zero attached hydrogens (tertiary/aromatic N) is 2. The van der Waals surface area contributed by atoms with E-state index in [-0.39, 0.29) is 11.3 Å². The fourth-order valence-electron chi connectivity index (χ4n) is 1.17. The van der Waals surface area contributed by atoms with Gasteiger partial charge < -0.3 is 5.73 Å². The highest BCUT2D eigenvalue weighted by molar-refractivity contribution is 5.91. The van der Waals surface area contributed by atoms with E-state index in [0.29, 0.717) is 0 Å². The molecule has 0 saturated carbocycles. The van der Waals surface area contributed by atoms with Crippen LogP contribution in [-0.2, 0) is 0 Å². The summed E-state index contributed by atoms with van der Waals surface area (Å²) >= 11 is 0. The van der Waals surface area contributed by atoms with Crippen molar-refractivity contribution in [1.29, 1.82) is 5.26 Å². The van der Waals surface area contributed by atoms with E-state index in [4.69, 9.17) is 11.0 Å². The molecule has 1 amide bonds. The Balaban J connectivity index is 3.46. The maximum atomic E-state index is 12.5. The third kappa shape index (κ3) is 2.07. The zero-order valence-corrected chi connectivity index (χ0v) is 7.79. The van der Waals surface area contributed by atoms with Crippen LogP contribution in [0.3, 0.4) is 0 Å². The van der Waals surface area contributed by atoms with Gasteiger partial charge in [0.15, 0.2) is 5.69 Å². The van der Waals surface area contributed by atoms with Crippen molar-refractivity contribution in [2.75, 3.05) is 0 Å². The van der Waals surface area contributed by atoms with Crippen LogP contribution in [0, 0.1) is 18.3 Å². The van der Waals surface area contributed by atoms with Crippen LogP contribution in [0.5, 0.6) is 0 Å². The maximum Gasteiger partial charge on any atom is 0.267 e. The normalized spacial score (nSPS) is 10.1. The molecule has 0 aromatic carbocycles. The second-order valence-electron chi connectivity index (χ2n) is 2.86. The predicted octanol–water partition coefficient (Wildman–Crippen LogP) is 1.30. The number of rotatable bonds is 2. The summed E-state index contributed by atoms with van der Waals surface area (Å²) in [7, 11) is 0. The molecule has 78 valence electrons. The summed E-state index contributed by atoms with van der Waals surface area (Å²) < 4.78 is 25.0. The first-order valence-corrected chi connectivity index (χ1v) is 3.97. The van der Waals surface area contributed by atoms with E-state index in [1.165, 1.54) is 13.0 Å². The number of aromatic nitrogens is 1. The lowest BCUT2D eigenvalue weighted by Crippen LogP contribution is -2.15. The van der Waals surface area contributed by atoms with Gasteiger partial charge in [-0.05, 0) is 18.6 Å². The fraction of sp³-hybridized carbons (Fsp3) is 0.222. The lowest BCUT2D eigenvalue weighted by atomic mass is 10.1. The van der Waals surface area contributed by atoms with Crippen LogP contribution in [0.15, 0.2) is 6.07 Å². The number of nitrogens with two attached hydrogens (primary N) is 1. The van der Waals surface area contributed by atoms with Crippen molar-refractivity contribution in [3.8, 4) is 6.07 Å². The average Bonchev–Trinajstić information content (AvgIpc) is 2.15. The van der Waals surface area contributed by atoms with Crippen LogP contribution in [0.1, 0.15) is 33.7 Å². The first kappa shape index (κ1) is 11.0. The number of pyridine rings is 1. The summed E-state index contributed by atoms with van der Waals surface area (Å²) in [5.41, 5.74) is 3.96. The van der Waals surface area contributed by atoms with Gasteiger partial charge in [0.2, 0.25) is 0 Å². The molecular formula is C9H7F2N3O. The Hall–Kier alpha value is -2.03. The number of hydrogen-bond donors (Lipinski definition) is 1. The molecule has 0 spiro atoms. The van der Waals surface area contributed by atoms with Gasteiger partial charge in [-0.2, -0.15) is 5.26 Å². The third-order valence-corrected chi connectivity index (χ3v) is 1.84. The van der Waals surface area contributed by atoms with Crippen molar-refractivity contribution in [2.45, 2.75) is 13.3 Å². The summed E-state index contributed by atoms with van der Waals surface area (Å²) in [6, 6.07) is 2.66. The van der Waals surface area contributed by atoms with Crippen molar-refractivity contribution in [2.24, 2.45) is 5.73 Å². The van der Waals surface area contributed by atoms with Gasteiger partial charge in [-0.1, -0.05) is 0 Å². The fourth-order valence-corrected chi connectivity index (χ4v) is 1.17. The molecule has 0 unspecified atom stereocenters. The van der Waals surface area contributed by atoms with Gasteiger partial charge >= 0.3 is 0 Å². The first-order chi connectivity index (χ1) is 6.97. The molecular weight excluding hydrogens is 204 g/mol. The lowest BCUT2D eigenvalue weighted by molar-refractivity contribution is 0.0994. The zero-order chi connectivity index (χ0) is 11.6. The maximum absolute atomic E-state index is 12.5. The van der Waals surface area contributed by atoms with Crippen LogP contribution < -0.4 is 5.73 Å². The summed E-state index contributed by atoms with van der Waals surface area (Å²) in [4.78, 5) is 14.2. The number of carbonyl (C=O) groups excluding carboxylic acids is 1. The minimum absolute atomic E-state index is 0.130. The molecule has 2 N–H and O–H groups in total. The van der Waals surface area contributed by atoms with E-state index in [1.807, 2.05) is 0 Å². The summed E-state index contributed by atoms with van der Waals surface area (Å²) in [6.07, 6.45) is -2.80. The van der Waals surface area contributed by atoms with E-state index in [1.54, 1.807) is 0 Å². The van der Waals surface area contributed by atoms with Crippen LogP contribution in [0.25, 0.3) is 0 Å². The smallest absolute Gasteiger partial charge is 0.267 e. The molecule has 6 heteroatoms. The van der Waals surface area contributed by atoms with Crippen molar-refractivity contribution >= 4 is 5.91 Å². The van der Waals surface area contributed by atoms with Crippen molar-refractivity contribution in [3.63, 3.8) is 0 Å². The largest absolute Gasteiger partial charge is 0.364 e. The molecule has 4 nitrogen and oxygen atoms in total. The second-order valence-corrected chi connectivity index (χ2v) is 2.86. The Morgan fingerprint density at radius 3 is 2.67 bits per heavy atom. The molecule has 1 heterocycles. The minimum Gasteiger partial charge on any atom is -0.364 e. The van der Waals surface area contributed by atoms with Crippen LogP contribution in [-0.4, -0.2) is 10.9 Å². The number of aryl methyl sites for hydroxylation is 1. The topological polar surface area (TPSA) is 79.8 Å². The Kier molecular flexibility index (Phi) is 2.95. The van der Waals surface area contributed by atoms with Gasteiger partial charge in [-0.15, -0.1) is 0 Å². The van der Waals surface area contributed by atoms with E-state index in [2.05, 4.69) is 4.98 Å². The van der Waals surface area contributed by atoms with Crippen molar-refractivity contribution in [1.82, 2.24) is 4.98 Å². The number of carbonyl (C=O) groups is 1. The Morgan fingerprint density at radius 2 is 2.27 bits per heavy atom. The van der Waals surface area contributed by atoms with E-state index >= 15 is 0 Å². The molecule has 0 aliphatic carbocycles. The number of primary amides is 1. The quantitative estimate of drug-likeness (QED) is 0.800. The number of hydrogen-bond acceptors (Lipinski definition) is 3. The highest BCUT2D eigenvalue weighted by Crippen LogP contribution is 2.25. The van der Waals surface area contributed by atoms with Crippen LogP contribution in [0.2, 0.25) is 0 Å². The van der Waals surface area contributed by atoms with Gasteiger partial charge in [0.25, 0.3) is 12.3 Å². The molecule has 0 aliphatic heterocycles. The molecule has 1 rings (SSSR count). The van der Waals surface area contributed by atoms with Crippen LogP contribution in [0.4, 0.5) is 8.78 Å². The molecule has 1 aromatic rings. The molecule has 15 heavy (non-hydrogen) atoms. The third-order valence-electron chi connectivity index (χ3n) is 1.84. The van der Waals surface area contributed by atoms with E-state index in [9.17, 15) is 13.6 Å². The second kappa shape index (κ2) is 4.00. The number of amides is 1. The minimum atomic E-state index is -2.80. The van der Waals surface area contributed by atoms with Crippen LogP contribution >= 0.6 is 0 Å². The standard InChI is InChI=1S/C9H7F2N3O/c1-4-2-5(9(13)15)14-6(3-12)7(4)8(10)11/h2,8H,1H3,(H2,13,15). The SMILES string of the molecule is Cc1cc(C(N)=O)nc(C#N)c1C(F)F. The van der Waals surface area contributed by atoms with E-state index < -0.39 is 23.6 Å². The lowest BCUT2D eigenvalue weighted by Gasteiger charge is -2.07. The Labute approximate surface area is 84.3 Å². The Bertz CT molecular complexity index is 451. The molecule has 0 bridgehead atoms. The number of nitriles is 1. The summed E-state index contributed by atoms with van der Waals surface area (Å²) in [5, 5.41) is 8.60. The van der Waals surface area contributed by atoms with Gasteiger partial charge in [0.1, 0.15) is 11.8 Å². The average molecular weight is 211 g/mol. The van der Waals surface area contributed by atoms with Gasteiger partial charge in [0, 0.05) is 0 Å². The first-order valence-electron chi connectivity index (χ1n) is 3.97. The van der Waals surface area contributed by atoms with Gasteiger partial charge in [-0.3, -0.25) is 4.79 Å². The van der Waals surface area contributed by atoms with E-state index in [0.717, 1.165) is 6.07 Å². The van der Waals surface area contributed by atoms with Gasteiger partial charge in [-0.25, -0.2) is 13.8 Å². The molecule has 0 radical (unpaired) electrons. The highest BCUT2D eigenvalue weighted by atomic mass is 19.3. The zero-order valence-electron chi connectivity index (χ0n) is 7.79. The van der Waals surface area contributed by atoms with Crippen molar-refractivity contribution in [3.05, 3.63) is 28.6 Å². The number of halogens is 2. The predicted molar refractivity (Wildman–Crippen MR) is 47.2 cm³/mol. The van der Waals surface area contributed by atoms with Crippen molar-refractivity contribution < 1.29 is 13.6 Å². The number of alkyl halides is 2. The summed E-state index contributed by atoms with van der Waals surface area (Å²) in [6.45, 7) is 1.37. The monoisotopic (exact) mass is 211 g/mol. The summed E-state index contributed by atoms with van der Waals surface area (Å²) in [5.74, 6) is -0.851. The van der Waals surface area contributed by atoms with Gasteiger partial charge in [0.05, 0.1) is 5.56 Å². The molecule has 0 fully saturated rings.